The highest BCUT2D eigenvalue weighted by Crippen LogP contribution is 2.66. The zero-order chi connectivity index (χ0) is 10.2. The van der Waals surface area contributed by atoms with Crippen molar-refractivity contribution < 1.29 is 0 Å². The molecule has 0 N–H and O–H groups in total. The third kappa shape index (κ3) is 9.65. The topological polar surface area (TPSA) is 0 Å². The van der Waals surface area contributed by atoms with Gasteiger partial charge in [0.2, 0.25) is 0 Å². The van der Waals surface area contributed by atoms with Gasteiger partial charge in [-0.05, 0) is 31.0 Å². The van der Waals surface area contributed by atoms with Crippen molar-refractivity contribution in [1.29, 1.82) is 0 Å². The fourth-order valence-electron chi connectivity index (χ4n) is 0.787. The lowest BCUT2D eigenvalue weighted by Crippen LogP contribution is -1.79. The molecule has 0 saturated carbocycles. The molecule has 0 fully saturated rings. The van der Waals surface area contributed by atoms with Gasteiger partial charge in [-0.3, -0.25) is 0 Å². The summed E-state index contributed by atoms with van der Waals surface area (Å²) in [6.07, 6.45) is 5.24. The summed E-state index contributed by atoms with van der Waals surface area (Å²) in [7, 11) is 0. The van der Waals surface area contributed by atoms with Crippen LogP contribution in [0.5, 0.6) is 0 Å². The Balaban J connectivity index is 3.49. The molecule has 0 heterocycles. The summed E-state index contributed by atoms with van der Waals surface area (Å²) in [5.41, 5.74) is 0. The molecular formula is C9H21PS3. The molecule has 13 heavy (non-hydrogen) atoms. The zero-order valence-corrected chi connectivity index (χ0v) is 12.3. The first-order chi connectivity index (χ1) is 6.12. The highest BCUT2D eigenvalue weighted by molar-refractivity contribution is 9.00. The molecule has 0 unspecified atom stereocenters. The normalized spacial score (nSPS) is 11.9. The average molecular weight is 256 g/mol. The molecule has 0 atom stereocenters. The SMILES string of the molecule is CCCCSP(C)(=S)SCCCC. The van der Waals surface area contributed by atoms with E-state index in [2.05, 4.69) is 20.5 Å². The summed E-state index contributed by atoms with van der Waals surface area (Å²) in [4.78, 5) is 0. The lowest BCUT2D eigenvalue weighted by atomic mass is 10.4. The molecule has 0 saturated heterocycles. The van der Waals surface area contributed by atoms with Crippen LogP contribution in [-0.2, 0) is 11.8 Å². The Bertz CT molecular complexity index is 145. The van der Waals surface area contributed by atoms with Gasteiger partial charge in [-0.25, -0.2) is 0 Å². The van der Waals surface area contributed by atoms with Crippen LogP contribution in [-0.4, -0.2) is 18.2 Å². The van der Waals surface area contributed by atoms with Crippen molar-refractivity contribution in [1.82, 2.24) is 0 Å². The van der Waals surface area contributed by atoms with Crippen molar-refractivity contribution in [2.24, 2.45) is 0 Å². The summed E-state index contributed by atoms with van der Waals surface area (Å²) in [5.74, 6) is 2.53. The molecular weight excluding hydrogens is 235 g/mol. The maximum absolute atomic E-state index is 5.61. The molecule has 0 aliphatic rings. The van der Waals surface area contributed by atoms with Crippen LogP contribution >= 0.6 is 27.2 Å². The zero-order valence-electron chi connectivity index (χ0n) is 8.91. The van der Waals surface area contributed by atoms with E-state index in [9.17, 15) is 0 Å². The quantitative estimate of drug-likeness (QED) is 0.443. The minimum absolute atomic E-state index is 1.09. The van der Waals surface area contributed by atoms with Crippen molar-refractivity contribution >= 4 is 39.0 Å². The first kappa shape index (κ1) is 14.3. The van der Waals surface area contributed by atoms with Crippen LogP contribution in [0.1, 0.15) is 39.5 Å². The molecule has 0 nitrogen and oxygen atoms in total. The van der Waals surface area contributed by atoms with Crippen LogP contribution in [0.4, 0.5) is 0 Å². The van der Waals surface area contributed by atoms with E-state index >= 15 is 0 Å². The highest BCUT2D eigenvalue weighted by Gasteiger charge is 2.09. The molecule has 0 bridgehead atoms. The van der Waals surface area contributed by atoms with Crippen molar-refractivity contribution in [2.75, 3.05) is 18.2 Å². The third-order valence-corrected chi connectivity index (χ3v) is 11.2. The molecule has 0 aromatic carbocycles. The van der Waals surface area contributed by atoms with Gasteiger partial charge in [0, 0.05) is 0 Å². The van der Waals surface area contributed by atoms with E-state index in [1.807, 2.05) is 22.8 Å². The van der Waals surface area contributed by atoms with Crippen molar-refractivity contribution in [3.63, 3.8) is 0 Å². The van der Waals surface area contributed by atoms with Crippen LogP contribution in [0, 0.1) is 0 Å². The summed E-state index contributed by atoms with van der Waals surface area (Å²) >= 11 is 9.69. The van der Waals surface area contributed by atoms with Crippen molar-refractivity contribution in [3.8, 4) is 0 Å². The van der Waals surface area contributed by atoms with E-state index < -0.39 is 4.44 Å². The standard InChI is InChI=1S/C9H21PS3/c1-4-6-8-12-10(3,11)13-9-7-5-2/h4-9H2,1-3H3. The second kappa shape index (κ2) is 8.64. The highest BCUT2D eigenvalue weighted by atomic mass is 33.2. The van der Waals surface area contributed by atoms with Crippen LogP contribution < -0.4 is 0 Å². The fourth-order valence-corrected chi connectivity index (χ4v) is 8.70. The summed E-state index contributed by atoms with van der Waals surface area (Å²) in [5, 5.41) is 0. The molecule has 0 aromatic rings. The molecule has 0 aliphatic heterocycles. The Kier molecular flexibility index (Phi) is 9.54. The minimum Gasteiger partial charge on any atom is -0.114 e. The van der Waals surface area contributed by atoms with E-state index in [0.717, 1.165) is 0 Å². The smallest absolute Gasteiger partial charge is 0.0542 e. The van der Waals surface area contributed by atoms with E-state index in [-0.39, 0.29) is 0 Å². The van der Waals surface area contributed by atoms with Gasteiger partial charge in [0.15, 0.2) is 0 Å². The lowest BCUT2D eigenvalue weighted by Gasteiger charge is -2.14. The molecule has 0 rings (SSSR count). The van der Waals surface area contributed by atoms with Gasteiger partial charge in [-0.2, -0.15) is 0 Å². The maximum Gasteiger partial charge on any atom is 0.0542 e. The first-order valence-corrected chi connectivity index (χ1v) is 11.4. The third-order valence-electron chi connectivity index (χ3n) is 1.65. The number of unbranched alkanes of at least 4 members (excludes halogenated alkanes) is 2. The molecule has 4 heteroatoms. The van der Waals surface area contributed by atoms with Crippen LogP contribution in [0.3, 0.4) is 0 Å². The average Bonchev–Trinajstić information content (AvgIpc) is 2.05. The second-order valence-corrected chi connectivity index (χ2v) is 16.2. The number of hydrogen-bond donors (Lipinski definition) is 0. The van der Waals surface area contributed by atoms with Gasteiger partial charge < -0.3 is 0 Å². The van der Waals surface area contributed by atoms with Crippen LogP contribution in [0.25, 0.3) is 0 Å². The van der Waals surface area contributed by atoms with E-state index in [4.69, 9.17) is 11.8 Å². The predicted molar refractivity (Wildman–Crippen MR) is 74.9 cm³/mol. The Hall–Kier alpha value is 1.35. The van der Waals surface area contributed by atoms with Crippen molar-refractivity contribution in [2.45, 2.75) is 39.5 Å². The predicted octanol–water partition coefficient (Wildman–Crippen LogP) is 4.99. The lowest BCUT2D eigenvalue weighted by molar-refractivity contribution is 0.898. The van der Waals surface area contributed by atoms with Gasteiger partial charge >= 0.3 is 0 Å². The molecule has 0 radical (unpaired) electrons. The Morgan fingerprint density at radius 1 is 1.00 bits per heavy atom. The van der Waals surface area contributed by atoms with Gasteiger partial charge in [-0.15, -0.1) is 22.8 Å². The fraction of sp³-hybridized carbons (Fsp3) is 1.00. The second-order valence-electron chi connectivity index (χ2n) is 3.14. The van der Waals surface area contributed by atoms with Gasteiger partial charge in [0.05, 0.1) is 4.44 Å². The monoisotopic (exact) mass is 256 g/mol. The maximum atomic E-state index is 5.61. The summed E-state index contributed by atoms with van der Waals surface area (Å²) < 4.78 is -1.09. The van der Waals surface area contributed by atoms with Gasteiger partial charge in [-0.1, -0.05) is 38.5 Å². The molecule has 0 spiro atoms. The van der Waals surface area contributed by atoms with E-state index in [1.54, 1.807) is 0 Å². The van der Waals surface area contributed by atoms with Crippen LogP contribution in [0.15, 0.2) is 0 Å². The van der Waals surface area contributed by atoms with E-state index in [0.29, 0.717) is 0 Å². The summed E-state index contributed by atoms with van der Waals surface area (Å²) in [6.45, 7) is 6.76. The number of rotatable bonds is 8. The minimum atomic E-state index is -1.09. The van der Waals surface area contributed by atoms with Gasteiger partial charge in [0.25, 0.3) is 0 Å². The Morgan fingerprint density at radius 2 is 1.38 bits per heavy atom. The molecule has 0 aromatic heterocycles. The molecule has 80 valence electrons. The summed E-state index contributed by atoms with van der Waals surface area (Å²) in [6, 6.07) is 0. The Labute approximate surface area is 96.5 Å². The first-order valence-electron chi connectivity index (χ1n) is 4.99. The largest absolute Gasteiger partial charge is 0.114 e. The molecule has 0 amide bonds. The van der Waals surface area contributed by atoms with E-state index in [1.165, 1.54) is 37.2 Å². The molecule has 0 aliphatic carbocycles. The number of hydrogen-bond acceptors (Lipinski definition) is 3. The van der Waals surface area contributed by atoms with Crippen LogP contribution in [0.2, 0.25) is 0 Å². The van der Waals surface area contributed by atoms with Crippen molar-refractivity contribution in [3.05, 3.63) is 0 Å². The Morgan fingerprint density at radius 3 is 1.69 bits per heavy atom. The van der Waals surface area contributed by atoms with Gasteiger partial charge in [0.1, 0.15) is 0 Å².